The Balaban J connectivity index is 1.57. The summed E-state index contributed by atoms with van der Waals surface area (Å²) in [4.78, 5) is 15.1. The molecule has 1 amide bonds. The van der Waals surface area contributed by atoms with Crippen LogP contribution in [0.25, 0.3) is 0 Å². The van der Waals surface area contributed by atoms with Gasteiger partial charge >= 0.3 is 6.09 Å². The lowest BCUT2D eigenvalue weighted by atomic mass is 9.99. The van der Waals surface area contributed by atoms with Gasteiger partial charge in [0.2, 0.25) is 0 Å². The van der Waals surface area contributed by atoms with Crippen LogP contribution in [0.1, 0.15) is 31.2 Å². The molecule has 21 heavy (non-hydrogen) atoms. The van der Waals surface area contributed by atoms with Crippen LogP contribution in [0.2, 0.25) is 5.02 Å². The molecule has 1 aliphatic carbocycles. The number of hydrogen-bond donors (Lipinski definition) is 1. The maximum atomic E-state index is 11.0. The number of likely N-dealkylation sites (tertiary alicyclic amines) is 1. The molecular weight excluding hydrogens is 288 g/mol. The summed E-state index contributed by atoms with van der Waals surface area (Å²) in [6, 6.07) is 6.71. The van der Waals surface area contributed by atoms with Crippen molar-refractivity contribution in [1.82, 2.24) is 4.90 Å². The molecule has 4 rings (SSSR count). The van der Waals surface area contributed by atoms with Gasteiger partial charge in [-0.05, 0) is 49.4 Å². The molecule has 112 valence electrons. The minimum atomic E-state index is -0.791. The number of halogens is 1. The molecule has 1 N–H and O–H groups in total. The first-order chi connectivity index (χ1) is 10.1. The lowest BCUT2D eigenvalue weighted by Crippen LogP contribution is -2.46. The SMILES string of the molecule is O=C(O)N1CCC(N2CC3(CC3)c3cc(Cl)ccc32)CC1. The third-order valence-electron chi connectivity index (χ3n) is 5.34. The number of nitrogens with zero attached hydrogens (tertiary/aromatic N) is 2. The van der Waals surface area contributed by atoms with Crippen LogP contribution < -0.4 is 4.90 Å². The van der Waals surface area contributed by atoms with Crippen LogP contribution >= 0.6 is 11.6 Å². The van der Waals surface area contributed by atoms with Gasteiger partial charge in [0.1, 0.15) is 0 Å². The fourth-order valence-electron chi connectivity index (χ4n) is 3.95. The fourth-order valence-corrected chi connectivity index (χ4v) is 4.12. The minimum Gasteiger partial charge on any atom is -0.465 e. The Labute approximate surface area is 129 Å². The number of piperidine rings is 1. The van der Waals surface area contributed by atoms with Crippen molar-refractivity contribution in [3.8, 4) is 0 Å². The van der Waals surface area contributed by atoms with Gasteiger partial charge < -0.3 is 14.9 Å². The summed E-state index contributed by atoms with van der Waals surface area (Å²) in [5, 5.41) is 9.89. The van der Waals surface area contributed by atoms with Gasteiger partial charge in [0.05, 0.1) is 0 Å². The molecule has 0 bridgehead atoms. The van der Waals surface area contributed by atoms with Crippen molar-refractivity contribution in [3.05, 3.63) is 28.8 Å². The Bertz CT molecular complexity index is 592. The van der Waals surface area contributed by atoms with Crippen LogP contribution in [0.5, 0.6) is 0 Å². The molecule has 1 saturated carbocycles. The van der Waals surface area contributed by atoms with Crippen molar-refractivity contribution in [1.29, 1.82) is 0 Å². The molecule has 5 heteroatoms. The van der Waals surface area contributed by atoms with Crippen molar-refractivity contribution < 1.29 is 9.90 Å². The number of amides is 1. The van der Waals surface area contributed by atoms with E-state index in [2.05, 4.69) is 17.0 Å². The number of hydrogen-bond acceptors (Lipinski definition) is 2. The first kappa shape index (κ1) is 13.3. The Morgan fingerprint density at radius 1 is 1.29 bits per heavy atom. The largest absolute Gasteiger partial charge is 0.465 e. The van der Waals surface area contributed by atoms with Crippen LogP contribution in [-0.4, -0.2) is 41.8 Å². The Hall–Kier alpha value is -1.42. The van der Waals surface area contributed by atoms with Crippen LogP contribution in [-0.2, 0) is 5.41 Å². The topological polar surface area (TPSA) is 43.8 Å². The van der Waals surface area contributed by atoms with Crippen LogP contribution in [0.3, 0.4) is 0 Å². The summed E-state index contributed by atoms with van der Waals surface area (Å²) in [7, 11) is 0. The van der Waals surface area contributed by atoms with E-state index in [1.165, 1.54) is 29.0 Å². The molecule has 0 radical (unpaired) electrons. The van der Waals surface area contributed by atoms with Gasteiger partial charge in [0.25, 0.3) is 0 Å². The van der Waals surface area contributed by atoms with Crippen LogP contribution in [0.4, 0.5) is 10.5 Å². The monoisotopic (exact) mass is 306 g/mol. The molecule has 1 spiro atoms. The number of carbonyl (C=O) groups is 1. The Kier molecular flexibility index (Phi) is 2.86. The van der Waals surface area contributed by atoms with Gasteiger partial charge in [-0.25, -0.2) is 4.79 Å². The maximum Gasteiger partial charge on any atom is 0.407 e. The number of carboxylic acid groups (broad SMARTS) is 1. The Morgan fingerprint density at radius 3 is 2.62 bits per heavy atom. The zero-order chi connectivity index (χ0) is 14.6. The van der Waals surface area contributed by atoms with Gasteiger partial charge in [-0.1, -0.05) is 11.6 Å². The second-order valence-corrected chi connectivity index (χ2v) is 7.01. The quantitative estimate of drug-likeness (QED) is 0.865. The normalized spacial score (nSPS) is 23.5. The van der Waals surface area contributed by atoms with Crippen LogP contribution in [0.15, 0.2) is 18.2 Å². The van der Waals surface area contributed by atoms with Gasteiger partial charge in [0.15, 0.2) is 0 Å². The number of fused-ring (bicyclic) bond motifs is 2. The summed E-state index contributed by atoms with van der Waals surface area (Å²) in [5.41, 5.74) is 3.07. The molecule has 3 aliphatic rings. The molecule has 2 fully saturated rings. The third kappa shape index (κ3) is 2.08. The van der Waals surface area contributed by atoms with Crippen molar-refractivity contribution >= 4 is 23.4 Å². The molecule has 1 saturated heterocycles. The Morgan fingerprint density at radius 2 is 2.00 bits per heavy atom. The average Bonchev–Trinajstić information content (AvgIpc) is 3.19. The van der Waals surface area contributed by atoms with Gasteiger partial charge in [-0.3, -0.25) is 0 Å². The molecule has 4 nitrogen and oxygen atoms in total. The summed E-state index contributed by atoms with van der Waals surface area (Å²) in [6.07, 6.45) is 3.56. The molecule has 2 heterocycles. The van der Waals surface area contributed by atoms with E-state index >= 15 is 0 Å². The highest BCUT2D eigenvalue weighted by Crippen LogP contribution is 2.57. The van der Waals surface area contributed by atoms with Crippen molar-refractivity contribution in [2.75, 3.05) is 24.5 Å². The zero-order valence-electron chi connectivity index (χ0n) is 11.9. The predicted octanol–water partition coefficient (Wildman–Crippen LogP) is 3.33. The second-order valence-electron chi connectivity index (χ2n) is 6.57. The molecule has 0 atom stereocenters. The average molecular weight is 307 g/mol. The smallest absolute Gasteiger partial charge is 0.407 e. The van der Waals surface area contributed by atoms with Crippen molar-refractivity contribution in [3.63, 3.8) is 0 Å². The van der Waals surface area contributed by atoms with E-state index in [4.69, 9.17) is 16.7 Å². The van der Waals surface area contributed by atoms with E-state index in [1.807, 2.05) is 6.07 Å². The molecule has 1 aromatic rings. The van der Waals surface area contributed by atoms with E-state index < -0.39 is 6.09 Å². The second kappa shape index (κ2) is 4.54. The minimum absolute atomic E-state index is 0.337. The fraction of sp³-hybridized carbons (Fsp3) is 0.562. The number of anilines is 1. The highest BCUT2D eigenvalue weighted by Gasteiger charge is 2.52. The molecular formula is C16H19ClN2O2. The summed E-state index contributed by atoms with van der Waals surface area (Å²) >= 11 is 6.18. The highest BCUT2D eigenvalue weighted by molar-refractivity contribution is 6.30. The molecule has 0 aromatic heterocycles. The predicted molar refractivity (Wildman–Crippen MR) is 82.3 cm³/mol. The van der Waals surface area contributed by atoms with Gasteiger partial charge in [-0.2, -0.15) is 0 Å². The zero-order valence-corrected chi connectivity index (χ0v) is 12.6. The summed E-state index contributed by atoms with van der Waals surface area (Å²) < 4.78 is 0. The van der Waals surface area contributed by atoms with E-state index in [-0.39, 0.29) is 0 Å². The lowest BCUT2D eigenvalue weighted by molar-refractivity contribution is 0.131. The number of benzene rings is 1. The maximum absolute atomic E-state index is 11.0. The van der Waals surface area contributed by atoms with E-state index in [0.29, 0.717) is 24.5 Å². The van der Waals surface area contributed by atoms with Gasteiger partial charge in [0, 0.05) is 41.8 Å². The van der Waals surface area contributed by atoms with Crippen molar-refractivity contribution in [2.24, 2.45) is 0 Å². The van der Waals surface area contributed by atoms with E-state index in [1.54, 1.807) is 0 Å². The van der Waals surface area contributed by atoms with E-state index in [0.717, 1.165) is 24.4 Å². The highest BCUT2D eigenvalue weighted by atomic mass is 35.5. The van der Waals surface area contributed by atoms with Crippen LogP contribution in [0, 0.1) is 0 Å². The van der Waals surface area contributed by atoms with Gasteiger partial charge in [-0.15, -0.1) is 0 Å². The molecule has 2 aliphatic heterocycles. The lowest BCUT2D eigenvalue weighted by Gasteiger charge is -2.37. The molecule has 1 aromatic carbocycles. The summed E-state index contributed by atoms with van der Waals surface area (Å²) in [5.74, 6) is 0. The molecule has 0 unspecified atom stereocenters. The third-order valence-corrected chi connectivity index (χ3v) is 5.58. The number of rotatable bonds is 1. The first-order valence-electron chi connectivity index (χ1n) is 7.64. The summed E-state index contributed by atoms with van der Waals surface area (Å²) in [6.45, 7) is 2.37. The standard InChI is InChI=1S/C16H19ClN2O2/c17-11-1-2-14-13(9-11)16(5-6-16)10-19(14)12-3-7-18(8-4-12)15(20)21/h1-2,9,12H,3-8,10H2,(H,20,21). The van der Waals surface area contributed by atoms with E-state index in [9.17, 15) is 4.79 Å². The van der Waals surface area contributed by atoms with Crippen molar-refractivity contribution in [2.45, 2.75) is 37.1 Å². The first-order valence-corrected chi connectivity index (χ1v) is 8.01.